The standard InChI is InChI=1S/C15H12ClN3OS2/c16-11-5-7-12(8-6-11)17-14(20)19(21)15-18-13-4-2-1-3-10(13)9-22-15/h1-8,21H,9H2,(H,17,20). The molecule has 1 heterocycles. The third kappa shape index (κ3) is 3.40. The number of para-hydroxylation sites is 1. The molecular weight excluding hydrogens is 338 g/mol. The van der Waals surface area contributed by atoms with Gasteiger partial charge in [0.2, 0.25) is 0 Å². The third-order valence-electron chi connectivity index (χ3n) is 3.03. The molecule has 1 aliphatic rings. The number of hydrogen-bond donors (Lipinski definition) is 2. The summed E-state index contributed by atoms with van der Waals surface area (Å²) >= 11 is 11.5. The molecule has 0 radical (unpaired) electrons. The van der Waals surface area contributed by atoms with Crippen molar-refractivity contribution < 1.29 is 4.79 Å². The van der Waals surface area contributed by atoms with Crippen LogP contribution in [0.25, 0.3) is 0 Å². The monoisotopic (exact) mass is 349 g/mol. The number of amides is 2. The summed E-state index contributed by atoms with van der Waals surface area (Å²) in [6.45, 7) is 0. The summed E-state index contributed by atoms with van der Waals surface area (Å²) in [5, 5.41) is 3.91. The predicted octanol–water partition coefficient (Wildman–Crippen LogP) is 4.95. The number of hydrogen-bond acceptors (Lipinski definition) is 4. The summed E-state index contributed by atoms with van der Waals surface area (Å²) in [6.07, 6.45) is 0. The second kappa shape index (κ2) is 6.64. The summed E-state index contributed by atoms with van der Waals surface area (Å²) in [6, 6.07) is 14.4. The Morgan fingerprint density at radius 2 is 1.95 bits per heavy atom. The van der Waals surface area contributed by atoms with Crippen LogP contribution in [0.15, 0.2) is 53.5 Å². The number of anilines is 1. The van der Waals surface area contributed by atoms with E-state index in [-0.39, 0.29) is 6.03 Å². The van der Waals surface area contributed by atoms with Crippen LogP contribution in [-0.2, 0) is 5.75 Å². The van der Waals surface area contributed by atoms with Gasteiger partial charge in [-0.1, -0.05) is 54.4 Å². The second-order valence-electron chi connectivity index (χ2n) is 4.56. The van der Waals surface area contributed by atoms with Crippen LogP contribution in [0.2, 0.25) is 5.02 Å². The molecule has 1 aliphatic heterocycles. The van der Waals surface area contributed by atoms with Crippen molar-refractivity contribution >= 4 is 58.8 Å². The minimum Gasteiger partial charge on any atom is -0.307 e. The van der Waals surface area contributed by atoms with Gasteiger partial charge in [0.15, 0.2) is 5.17 Å². The molecule has 0 fully saturated rings. The van der Waals surface area contributed by atoms with Gasteiger partial charge in [0.05, 0.1) is 5.69 Å². The summed E-state index contributed by atoms with van der Waals surface area (Å²) < 4.78 is 1.22. The minimum atomic E-state index is -0.365. The minimum absolute atomic E-state index is 0.365. The van der Waals surface area contributed by atoms with Crippen molar-refractivity contribution in [2.75, 3.05) is 5.32 Å². The smallest absolute Gasteiger partial charge is 0.307 e. The number of carbonyl (C=O) groups excluding carboxylic acids is 1. The van der Waals surface area contributed by atoms with Crippen molar-refractivity contribution in [2.45, 2.75) is 5.75 Å². The first kappa shape index (κ1) is 15.3. The molecule has 0 aliphatic carbocycles. The zero-order valence-corrected chi connectivity index (χ0v) is 13.8. The maximum atomic E-state index is 12.2. The molecule has 0 saturated carbocycles. The second-order valence-corrected chi connectivity index (χ2v) is 6.34. The van der Waals surface area contributed by atoms with E-state index in [1.54, 1.807) is 24.3 Å². The molecule has 0 spiro atoms. The predicted molar refractivity (Wildman–Crippen MR) is 96.1 cm³/mol. The van der Waals surface area contributed by atoms with Gasteiger partial charge in [-0.15, -0.1) is 0 Å². The molecule has 2 aromatic carbocycles. The van der Waals surface area contributed by atoms with Gasteiger partial charge in [-0.25, -0.2) is 14.1 Å². The Morgan fingerprint density at radius 3 is 2.73 bits per heavy atom. The van der Waals surface area contributed by atoms with Crippen molar-refractivity contribution in [3.8, 4) is 0 Å². The number of thioether (sulfide) groups is 1. The number of rotatable bonds is 1. The highest BCUT2D eigenvalue weighted by molar-refractivity contribution is 8.14. The Kier molecular flexibility index (Phi) is 4.61. The first-order valence-corrected chi connectivity index (χ1v) is 8.25. The van der Waals surface area contributed by atoms with Crippen molar-refractivity contribution in [1.82, 2.24) is 4.31 Å². The van der Waals surface area contributed by atoms with Gasteiger partial charge in [-0.2, -0.15) is 0 Å². The average molecular weight is 350 g/mol. The number of nitrogens with one attached hydrogen (secondary N) is 1. The molecule has 0 atom stereocenters. The van der Waals surface area contributed by atoms with E-state index >= 15 is 0 Å². The number of nitrogens with zero attached hydrogens (tertiary/aromatic N) is 2. The first-order chi connectivity index (χ1) is 10.6. The zero-order chi connectivity index (χ0) is 15.5. The van der Waals surface area contributed by atoms with Gasteiger partial charge in [0, 0.05) is 16.5 Å². The van der Waals surface area contributed by atoms with Crippen molar-refractivity contribution in [1.29, 1.82) is 0 Å². The molecule has 22 heavy (non-hydrogen) atoms. The fraction of sp³-hybridized carbons (Fsp3) is 0.0667. The molecule has 0 aromatic heterocycles. The van der Waals surface area contributed by atoms with Crippen molar-refractivity contribution in [2.24, 2.45) is 4.99 Å². The summed E-state index contributed by atoms with van der Waals surface area (Å²) in [5.74, 6) is 0.764. The van der Waals surface area contributed by atoms with Crippen LogP contribution in [0.3, 0.4) is 0 Å². The van der Waals surface area contributed by atoms with E-state index in [2.05, 4.69) is 23.1 Å². The number of halogens is 1. The molecule has 2 aromatic rings. The van der Waals surface area contributed by atoms with E-state index in [0.29, 0.717) is 15.9 Å². The lowest BCUT2D eigenvalue weighted by molar-refractivity contribution is 0.248. The molecule has 112 valence electrons. The Labute approximate surface area is 143 Å². The van der Waals surface area contributed by atoms with E-state index < -0.39 is 0 Å². The Bertz CT molecular complexity index is 734. The molecule has 0 unspecified atom stereocenters. The molecule has 0 saturated heterocycles. The molecular formula is C15H12ClN3OS2. The lowest BCUT2D eigenvalue weighted by Gasteiger charge is -2.21. The number of aliphatic imine (C=N–C) groups is 1. The van der Waals surface area contributed by atoms with E-state index in [1.807, 2.05) is 24.3 Å². The number of carbonyl (C=O) groups is 1. The number of thiol groups is 1. The maximum absolute atomic E-state index is 12.2. The van der Waals surface area contributed by atoms with Crippen molar-refractivity contribution in [3.05, 3.63) is 59.1 Å². The van der Waals surface area contributed by atoms with Gasteiger partial charge in [0.25, 0.3) is 0 Å². The molecule has 0 bridgehead atoms. The normalized spacial score (nSPS) is 13.1. The molecule has 7 heteroatoms. The quantitative estimate of drug-likeness (QED) is 0.715. The van der Waals surface area contributed by atoms with E-state index in [0.717, 1.165) is 17.0 Å². The van der Waals surface area contributed by atoms with E-state index in [1.165, 1.54) is 16.1 Å². The number of urea groups is 1. The Morgan fingerprint density at radius 1 is 1.23 bits per heavy atom. The van der Waals surface area contributed by atoms with Gasteiger partial charge in [-0.3, -0.25) is 0 Å². The highest BCUT2D eigenvalue weighted by Gasteiger charge is 2.21. The van der Waals surface area contributed by atoms with Gasteiger partial charge in [0.1, 0.15) is 0 Å². The summed E-state index contributed by atoms with van der Waals surface area (Å²) in [7, 11) is 0. The Balaban J connectivity index is 1.74. The molecule has 1 N–H and O–H groups in total. The fourth-order valence-corrected chi connectivity index (χ4v) is 3.22. The highest BCUT2D eigenvalue weighted by Crippen LogP contribution is 2.32. The SMILES string of the molecule is O=C(Nc1ccc(Cl)cc1)N(S)C1=Nc2ccccc2CS1. The van der Waals surface area contributed by atoms with Crippen LogP contribution < -0.4 is 5.32 Å². The van der Waals surface area contributed by atoms with Gasteiger partial charge < -0.3 is 5.32 Å². The first-order valence-electron chi connectivity index (χ1n) is 6.48. The van der Waals surface area contributed by atoms with Crippen LogP contribution in [0.4, 0.5) is 16.2 Å². The molecule has 4 nitrogen and oxygen atoms in total. The number of benzene rings is 2. The largest absolute Gasteiger partial charge is 0.338 e. The lowest BCUT2D eigenvalue weighted by Crippen LogP contribution is -2.31. The van der Waals surface area contributed by atoms with Gasteiger partial charge in [-0.05, 0) is 35.9 Å². The van der Waals surface area contributed by atoms with Gasteiger partial charge >= 0.3 is 6.03 Å². The van der Waals surface area contributed by atoms with E-state index in [4.69, 9.17) is 11.6 Å². The molecule has 2 amide bonds. The third-order valence-corrected chi connectivity index (χ3v) is 4.78. The van der Waals surface area contributed by atoms with Crippen LogP contribution >= 0.6 is 36.2 Å². The number of fused-ring (bicyclic) bond motifs is 1. The average Bonchev–Trinajstić information content (AvgIpc) is 2.55. The highest BCUT2D eigenvalue weighted by atomic mass is 35.5. The summed E-state index contributed by atoms with van der Waals surface area (Å²) in [4.78, 5) is 16.7. The van der Waals surface area contributed by atoms with Crippen LogP contribution in [-0.4, -0.2) is 15.5 Å². The van der Waals surface area contributed by atoms with Crippen LogP contribution in [0, 0.1) is 0 Å². The van der Waals surface area contributed by atoms with Crippen LogP contribution in [0.5, 0.6) is 0 Å². The zero-order valence-electron chi connectivity index (χ0n) is 11.4. The Hall–Kier alpha value is -1.63. The van der Waals surface area contributed by atoms with Crippen LogP contribution in [0.1, 0.15) is 5.56 Å². The van der Waals surface area contributed by atoms with Crippen molar-refractivity contribution in [3.63, 3.8) is 0 Å². The topological polar surface area (TPSA) is 44.7 Å². The lowest BCUT2D eigenvalue weighted by atomic mass is 10.2. The number of amidine groups is 1. The molecule has 3 rings (SSSR count). The van der Waals surface area contributed by atoms with E-state index in [9.17, 15) is 4.79 Å². The maximum Gasteiger partial charge on any atom is 0.338 e. The summed E-state index contributed by atoms with van der Waals surface area (Å²) in [5.41, 5.74) is 2.67. The fourth-order valence-electron chi connectivity index (χ4n) is 1.92.